The number of hydrogen-bond acceptors (Lipinski definition) is 2. The lowest BCUT2D eigenvalue weighted by Crippen LogP contribution is -2.26. The summed E-state index contributed by atoms with van der Waals surface area (Å²) in [5.41, 5.74) is 1.28. The Balaban J connectivity index is 1.50. The van der Waals surface area contributed by atoms with Crippen LogP contribution in [0.3, 0.4) is 0 Å². The summed E-state index contributed by atoms with van der Waals surface area (Å²) < 4.78 is 37.5. The number of carbonyl (C=O) groups is 2. The first kappa shape index (κ1) is 25.4. The van der Waals surface area contributed by atoms with E-state index in [4.69, 9.17) is 34.8 Å². The van der Waals surface area contributed by atoms with Crippen molar-refractivity contribution in [1.29, 1.82) is 0 Å². The molecule has 0 radical (unpaired) electrons. The predicted octanol–water partition coefficient (Wildman–Crippen LogP) is 7.22. The van der Waals surface area contributed by atoms with Gasteiger partial charge in [-0.25, -0.2) is 13.2 Å². The van der Waals surface area contributed by atoms with E-state index < -0.39 is 40.2 Å². The van der Waals surface area contributed by atoms with Crippen LogP contribution in [0.25, 0.3) is 0 Å². The zero-order chi connectivity index (χ0) is 25.5. The average Bonchev–Trinajstić information content (AvgIpc) is 3.41. The van der Waals surface area contributed by atoms with Gasteiger partial charge in [-0.2, -0.15) is 0 Å². The fraction of sp³-hybridized carbons (Fsp3) is 0.200. The van der Waals surface area contributed by atoms with Gasteiger partial charge in [0, 0.05) is 29.9 Å². The molecule has 0 bridgehead atoms. The number of benzene rings is 3. The molecule has 1 fully saturated rings. The second kappa shape index (κ2) is 9.72. The predicted molar refractivity (Wildman–Crippen MR) is 131 cm³/mol. The lowest BCUT2D eigenvalue weighted by atomic mass is 10.1. The van der Waals surface area contributed by atoms with E-state index in [1.807, 2.05) is 0 Å². The maximum absolute atomic E-state index is 13.2. The zero-order valence-electron chi connectivity index (χ0n) is 18.1. The quantitative estimate of drug-likeness (QED) is 0.335. The van der Waals surface area contributed by atoms with Crippen molar-refractivity contribution >= 4 is 58.0 Å². The summed E-state index contributed by atoms with van der Waals surface area (Å²) >= 11 is 18.9. The third-order valence-electron chi connectivity index (χ3n) is 5.87. The first-order chi connectivity index (χ1) is 16.5. The Morgan fingerprint density at radius 3 is 2.23 bits per heavy atom. The summed E-state index contributed by atoms with van der Waals surface area (Å²) in [5, 5.41) is 2.85. The summed E-state index contributed by atoms with van der Waals surface area (Å²) in [5.74, 6) is -2.82. The number of halogens is 6. The van der Waals surface area contributed by atoms with Crippen LogP contribution in [0.15, 0.2) is 66.7 Å². The standard InChI is InChI=1S/C25H18Cl3F3N2O2/c1-33(17-9-6-15(29)7-10-17)24(35)18-12-16(8-11-19(18)26)32-23(34)21-20(25(21,27)28)13-2-4-14(5-3-13)22(30)31/h2-12,20-22H,1H3,(H,32,34)/t20-,21+/m0/s1. The van der Waals surface area contributed by atoms with Gasteiger partial charge in [0.05, 0.1) is 16.5 Å². The number of anilines is 2. The smallest absolute Gasteiger partial charge is 0.263 e. The SMILES string of the molecule is CN(C(=O)c1cc(NC(=O)[C@H]2[C@H](c3ccc(C(F)F)cc3)C2(Cl)Cl)ccc1Cl)c1ccc(F)cc1. The Hall–Kier alpha value is -2.74. The molecule has 0 heterocycles. The first-order valence-electron chi connectivity index (χ1n) is 10.4. The molecule has 3 aromatic rings. The van der Waals surface area contributed by atoms with Gasteiger partial charge in [0.15, 0.2) is 0 Å². The van der Waals surface area contributed by atoms with Crippen molar-refractivity contribution in [2.45, 2.75) is 16.7 Å². The van der Waals surface area contributed by atoms with Crippen LogP contribution in [0.5, 0.6) is 0 Å². The second-order valence-electron chi connectivity index (χ2n) is 8.12. The molecular formula is C25H18Cl3F3N2O2. The van der Waals surface area contributed by atoms with Gasteiger partial charge in [-0.1, -0.05) is 35.9 Å². The number of nitrogens with one attached hydrogen (secondary N) is 1. The largest absolute Gasteiger partial charge is 0.326 e. The third-order valence-corrected chi connectivity index (χ3v) is 7.14. The molecule has 1 N–H and O–H groups in total. The molecule has 10 heteroatoms. The Kier molecular flexibility index (Phi) is 7.04. The molecule has 4 rings (SSSR count). The van der Waals surface area contributed by atoms with Crippen molar-refractivity contribution in [2.75, 3.05) is 17.3 Å². The number of alkyl halides is 4. The van der Waals surface area contributed by atoms with Gasteiger partial charge in [0.2, 0.25) is 5.91 Å². The Morgan fingerprint density at radius 1 is 1.00 bits per heavy atom. The van der Waals surface area contributed by atoms with Crippen molar-refractivity contribution in [3.8, 4) is 0 Å². The highest BCUT2D eigenvalue weighted by molar-refractivity contribution is 6.53. The van der Waals surface area contributed by atoms with Gasteiger partial charge in [-0.3, -0.25) is 9.59 Å². The molecule has 0 spiro atoms. The fourth-order valence-corrected chi connectivity index (χ4v) is 4.89. The van der Waals surface area contributed by atoms with Crippen molar-refractivity contribution in [1.82, 2.24) is 0 Å². The average molecular weight is 542 g/mol. The lowest BCUT2D eigenvalue weighted by molar-refractivity contribution is -0.117. The lowest BCUT2D eigenvalue weighted by Gasteiger charge is -2.18. The van der Waals surface area contributed by atoms with Gasteiger partial charge in [0.1, 0.15) is 10.2 Å². The van der Waals surface area contributed by atoms with E-state index in [-0.39, 0.29) is 21.8 Å². The Morgan fingerprint density at radius 2 is 1.63 bits per heavy atom. The normalized spacial score (nSPS) is 18.3. The van der Waals surface area contributed by atoms with E-state index in [0.29, 0.717) is 11.3 Å². The van der Waals surface area contributed by atoms with E-state index in [1.165, 1.54) is 78.7 Å². The maximum Gasteiger partial charge on any atom is 0.263 e. The number of hydrogen-bond donors (Lipinski definition) is 1. The Bertz CT molecular complexity index is 1270. The van der Waals surface area contributed by atoms with E-state index in [2.05, 4.69) is 5.32 Å². The molecule has 0 saturated heterocycles. The summed E-state index contributed by atoms with van der Waals surface area (Å²) in [6.45, 7) is 0. The van der Waals surface area contributed by atoms with Crippen LogP contribution in [-0.4, -0.2) is 23.2 Å². The molecule has 2 amide bonds. The number of nitrogens with zero attached hydrogens (tertiary/aromatic N) is 1. The minimum absolute atomic E-state index is 0.120. The highest BCUT2D eigenvalue weighted by atomic mass is 35.5. The van der Waals surface area contributed by atoms with Crippen molar-refractivity contribution in [2.24, 2.45) is 5.92 Å². The van der Waals surface area contributed by atoms with Crippen LogP contribution in [0, 0.1) is 11.7 Å². The van der Waals surface area contributed by atoms with E-state index in [9.17, 15) is 22.8 Å². The molecule has 1 saturated carbocycles. The second-order valence-corrected chi connectivity index (χ2v) is 9.97. The van der Waals surface area contributed by atoms with Crippen molar-refractivity contribution in [3.63, 3.8) is 0 Å². The third kappa shape index (κ3) is 5.13. The molecule has 3 aromatic carbocycles. The molecule has 0 unspecified atom stereocenters. The minimum atomic E-state index is -2.61. The maximum atomic E-state index is 13.2. The summed E-state index contributed by atoms with van der Waals surface area (Å²) in [6.07, 6.45) is -2.61. The van der Waals surface area contributed by atoms with Crippen LogP contribution in [-0.2, 0) is 4.79 Å². The van der Waals surface area contributed by atoms with E-state index >= 15 is 0 Å². The minimum Gasteiger partial charge on any atom is -0.326 e. The Labute approximate surface area is 214 Å². The highest BCUT2D eigenvalue weighted by Crippen LogP contribution is 2.65. The van der Waals surface area contributed by atoms with Gasteiger partial charge in [-0.15, -0.1) is 23.2 Å². The van der Waals surface area contributed by atoms with Crippen molar-refractivity contribution in [3.05, 3.63) is 94.3 Å². The molecule has 2 atom stereocenters. The zero-order valence-corrected chi connectivity index (χ0v) is 20.4. The van der Waals surface area contributed by atoms with Crippen LogP contribution >= 0.6 is 34.8 Å². The van der Waals surface area contributed by atoms with E-state index in [0.717, 1.165) is 0 Å². The van der Waals surface area contributed by atoms with E-state index in [1.54, 1.807) is 0 Å². The molecule has 0 aromatic heterocycles. The van der Waals surface area contributed by atoms with Gasteiger partial charge >= 0.3 is 0 Å². The summed E-state index contributed by atoms with van der Waals surface area (Å²) in [7, 11) is 1.51. The highest BCUT2D eigenvalue weighted by Gasteiger charge is 2.67. The van der Waals surface area contributed by atoms with Gasteiger partial charge in [0.25, 0.3) is 12.3 Å². The summed E-state index contributed by atoms with van der Waals surface area (Å²) in [4.78, 5) is 27.2. The van der Waals surface area contributed by atoms with Crippen LogP contribution in [0.1, 0.15) is 33.8 Å². The van der Waals surface area contributed by atoms with Crippen LogP contribution < -0.4 is 10.2 Å². The molecule has 35 heavy (non-hydrogen) atoms. The fourth-order valence-electron chi connectivity index (χ4n) is 3.87. The monoisotopic (exact) mass is 540 g/mol. The topological polar surface area (TPSA) is 49.4 Å². The van der Waals surface area contributed by atoms with Crippen LogP contribution in [0.2, 0.25) is 5.02 Å². The number of carbonyl (C=O) groups excluding carboxylic acids is 2. The van der Waals surface area contributed by atoms with Gasteiger partial charge < -0.3 is 10.2 Å². The molecule has 182 valence electrons. The molecule has 4 nitrogen and oxygen atoms in total. The molecule has 1 aliphatic carbocycles. The first-order valence-corrected chi connectivity index (χ1v) is 11.5. The van der Waals surface area contributed by atoms with Gasteiger partial charge in [-0.05, 0) is 48.0 Å². The van der Waals surface area contributed by atoms with Crippen molar-refractivity contribution < 1.29 is 22.8 Å². The molecular weight excluding hydrogens is 524 g/mol. The number of rotatable bonds is 6. The summed E-state index contributed by atoms with van der Waals surface area (Å²) in [6, 6.07) is 15.3. The molecule has 1 aliphatic rings. The number of amides is 2. The molecule has 0 aliphatic heterocycles. The van der Waals surface area contributed by atoms with Crippen LogP contribution in [0.4, 0.5) is 24.5 Å².